The third-order valence-electron chi connectivity index (χ3n) is 11.4. The van der Waals surface area contributed by atoms with Crippen LogP contribution in [0.3, 0.4) is 0 Å². The molecule has 1 aromatic heterocycles. The van der Waals surface area contributed by atoms with Gasteiger partial charge in [-0.2, -0.15) is 0 Å². The lowest BCUT2D eigenvalue weighted by Crippen LogP contribution is -2.12. The fraction of sp³-hybridized carbons (Fsp3) is 0.0385. The molecule has 0 N–H and O–H groups in total. The Morgan fingerprint density at radius 3 is 1.70 bits per heavy atom. The predicted molar refractivity (Wildman–Crippen MR) is 224 cm³/mol. The van der Waals surface area contributed by atoms with Crippen LogP contribution in [0.4, 0.5) is 0 Å². The molecule has 0 spiro atoms. The zero-order valence-electron chi connectivity index (χ0n) is 29.0. The van der Waals surface area contributed by atoms with E-state index >= 15 is 0 Å². The highest BCUT2D eigenvalue weighted by Crippen LogP contribution is 2.47. The lowest BCUT2D eigenvalue weighted by molar-refractivity contribution is 0.578. The van der Waals surface area contributed by atoms with Crippen molar-refractivity contribution in [3.63, 3.8) is 0 Å². The van der Waals surface area contributed by atoms with Crippen molar-refractivity contribution in [2.75, 3.05) is 0 Å². The highest BCUT2D eigenvalue weighted by Gasteiger charge is 2.29. The van der Waals surface area contributed by atoms with Crippen molar-refractivity contribution in [2.45, 2.75) is 5.92 Å². The fourth-order valence-electron chi connectivity index (χ4n) is 9.00. The molecule has 0 bridgehead atoms. The summed E-state index contributed by atoms with van der Waals surface area (Å²) in [5.74, 6) is 1.64. The molecule has 53 heavy (non-hydrogen) atoms. The van der Waals surface area contributed by atoms with Gasteiger partial charge in [-0.3, -0.25) is 0 Å². The number of hydrogen-bond acceptors (Lipinski definition) is 1. The van der Waals surface area contributed by atoms with E-state index in [-0.39, 0.29) is 0 Å². The fourth-order valence-corrected chi connectivity index (χ4v) is 9.00. The van der Waals surface area contributed by atoms with Gasteiger partial charge < -0.3 is 4.42 Å². The maximum absolute atomic E-state index is 6.37. The van der Waals surface area contributed by atoms with Gasteiger partial charge in [0.2, 0.25) is 0 Å². The van der Waals surface area contributed by atoms with Gasteiger partial charge in [-0.15, -0.1) is 0 Å². The summed E-state index contributed by atoms with van der Waals surface area (Å²) in [6, 6.07) is 58.0. The average molecular weight is 675 g/mol. The van der Waals surface area contributed by atoms with Crippen molar-refractivity contribution in [3.8, 4) is 44.5 Å². The van der Waals surface area contributed by atoms with E-state index < -0.39 is 0 Å². The largest absolute Gasteiger partial charge is 0.456 e. The molecule has 1 nitrogen and oxygen atoms in total. The number of rotatable bonds is 4. The Labute approximate surface area is 308 Å². The number of benzene rings is 8. The van der Waals surface area contributed by atoms with Crippen molar-refractivity contribution in [1.82, 2.24) is 0 Å². The third-order valence-corrected chi connectivity index (χ3v) is 11.4. The van der Waals surface area contributed by atoms with Crippen LogP contribution >= 0.6 is 0 Å². The van der Waals surface area contributed by atoms with Gasteiger partial charge in [-0.1, -0.05) is 164 Å². The zero-order chi connectivity index (χ0) is 34.9. The quantitative estimate of drug-likeness (QED) is 0.169. The highest BCUT2D eigenvalue weighted by atomic mass is 16.3. The molecular weight excluding hydrogens is 641 g/mol. The smallest absolute Gasteiger partial charge is 0.135 e. The first-order valence-corrected chi connectivity index (χ1v) is 18.5. The average Bonchev–Trinajstić information content (AvgIpc) is 3.61. The van der Waals surface area contributed by atoms with Gasteiger partial charge in [-0.05, 0) is 107 Å². The van der Waals surface area contributed by atoms with E-state index in [0.29, 0.717) is 11.8 Å². The summed E-state index contributed by atoms with van der Waals surface area (Å²) in [5, 5.41) is 8.75. The van der Waals surface area contributed by atoms with Crippen molar-refractivity contribution < 1.29 is 4.42 Å². The molecule has 0 saturated heterocycles. The van der Waals surface area contributed by atoms with Gasteiger partial charge in [-0.25, -0.2) is 0 Å². The minimum atomic E-state index is 0.298. The molecule has 11 rings (SSSR count). The maximum Gasteiger partial charge on any atom is 0.135 e. The first-order chi connectivity index (χ1) is 26.3. The van der Waals surface area contributed by atoms with E-state index in [0.717, 1.165) is 11.3 Å². The van der Waals surface area contributed by atoms with E-state index in [9.17, 15) is 0 Å². The number of furan rings is 1. The molecule has 0 radical (unpaired) electrons. The normalized spacial score (nSPS) is 16.1. The van der Waals surface area contributed by atoms with E-state index in [1.54, 1.807) is 0 Å². The van der Waals surface area contributed by atoms with E-state index in [1.165, 1.54) is 87.8 Å². The van der Waals surface area contributed by atoms with E-state index in [2.05, 4.69) is 194 Å². The molecule has 8 aromatic carbocycles. The van der Waals surface area contributed by atoms with Gasteiger partial charge in [0.1, 0.15) is 11.3 Å². The molecule has 2 unspecified atom stereocenters. The van der Waals surface area contributed by atoms with Gasteiger partial charge in [0, 0.05) is 22.8 Å². The van der Waals surface area contributed by atoms with Crippen molar-refractivity contribution in [3.05, 3.63) is 199 Å². The minimum absolute atomic E-state index is 0.298. The van der Waals surface area contributed by atoms with Gasteiger partial charge in [0.05, 0.1) is 0 Å². The van der Waals surface area contributed by atoms with Crippen LogP contribution < -0.4 is 0 Å². The molecule has 0 amide bonds. The molecule has 2 aliphatic rings. The minimum Gasteiger partial charge on any atom is -0.456 e. The van der Waals surface area contributed by atoms with Crippen LogP contribution in [0.1, 0.15) is 17.2 Å². The summed E-state index contributed by atoms with van der Waals surface area (Å²) in [6.45, 7) is 0. The topological polar surface area (TPSA) is 13.1 Å². The Kier molecular flexibility index (Phi) is 6.75. The van der Waals surface area contributed by atoms with E-state index in [1.807, 2.05) is 0 Å². The molecule has 1 heterocycles. The standard InChI is InChI=1S/C52H34O/c1-3-19-40-33(12-1)14-11-25-41(40)37-16-10-18-39(31-37)51-45-23-7-5-21-43(45)50(44-22-6-8-24-46(44)51)38-17-9-15-35(30-38)36-27-28-48-47(32-36)52-42-20-4-2-13-34(42)26-29-49(52)53-48/h1-32,34,42H. The Morgan fingerprint density at radius 1 is 0.396 bits per heavy atom. The monoisotopic (exact) mass is 674 g/mol. The van der Waals surface area contributed by atoms with Crippen molar-refractivity contribution in [2.24, 2.45) is 5.92 Å². The van der Waals surface area contributed by atoms with Crippen LogP contribution in [0.15, 0.2) is 193 Å². The number of hydrogen-bond donors (Lipinski definition) is 0. The summed E-state index contributed by atoms with van der Waals surface area (Å²) in [4.78, 5) is 0. The molecular formula is C52H34O. The lowest BCUT2D eigenvalue weighted by Gasteiger charge is -2.24. The Hall–Kier alpha value is -6.70. The van der Waals surface area contributed by atoms with Crippen molar-refractivity contribution in [1.29, 1.82) is 0 Å². The number of fused-ring (bicyclic) bond motifs is 8. The Bertz CT molecular complexity index is 2960. The highest BCUT2D eigenvalue weighted by molar-refractivity contribution is 6.21. The van der Waals surface area contributed by atoms with Gasteiger partial charge >= 0.3 is 0 Å². The molecule has 0 fully saturated rings. The summed E-state index contributed by atoms with van der Waals surface area (Å²) >= 11 is 0. The Morgan fingerprint density at radius 2 is 0.962 bits per heavy atom. The SMILES string of the molecule is C1=CC2C=Cc3oc4ccc(-c5cccc(-c6c7ccccc7c(-c7cccc(-c8cccc9ccccc89)c7)c7ccccc67)c5)cc4c3C2C=C1. The van der Waals surface area contributed by atoms with Crippen LogP contribution in [0.2, 0.25) is 0 Å². The first-order valence-electron chi connectivity index (χ1n) is 18.5. The van der Waals surface area contributed by atoms with E-state index in [4.69, 9.17) is 4.42 Å². The Balaban J connectivity index is 1.08. The summed E-state index contributed by atoms with van der Waals surface area (Å²) in [6.07, 6.45) is 13.3. The molecule has 0 saturated carbocycles. The molecule has 2 atom stereocenters. The predicted octanol–water partition coefficient (Wildman–Crippen LogP) is 14.4. The second kappa shape index (κ2) is 11.9. The molecule has 1 heteroatoms. The van der Waals surface area contributed by atoms with Crippen molar-refractivity contribution >= 4 is 49.4 Å². The van der Waals surface area contributed by atoms with Crippen LogP contribution in [0, 0.1) is 5.92 Å². The van der Waals surface area contributed by atoms with Crippen LogP contribution in [-0.2, 0) is 0 Å². The molecule has 2 aliphatic carbocycles. The zero-order valence-corrected chi connectivity index (χ0v) is 29.0. The summed E-state index contributed by atoms with van der Waals surface area (Å²) in [5.41, 5.74) is 12.1. The summed E-state index contributed by atoms with van der Waals surface area (Å²) < 4.78 is 6.37. The van der Waals surface area contributed by atoms with Crippen LogP contribution in [0.25, 0.3) is 93.9 Å². The molecule has 9 aromatic rings. The van der Waals surface area contributed by atoms with Crippen LogP contribution in [0.5, 0.6) is 0 Å². The lowest BCUT2D eigenvalue weighted by atomic mass is 9.78. The summed E-state index contributed by atoms with van der Waals surface area (Å²) in [7, 11) is 0. The van der Waals surface area contributed by atoms with Gasteiger partial charge in [0.25, 0.3) is 0 Å². The molecule has 0 aliphatic heterocycles. The second-order valence-electron chi connectivity index (χ2n) is 14.4. The second-order valence-corrected chi connectivity index (χ2v) is 14.4. The number of allylic oxidation sites excluding steroid dienone is 5. The molecule has 248 valence electrons. The van der Waals surface area contributed by atoms with Gasteiger partial charge in [0.15, 0.2) is 0 Å². The maximum atomic E-state index is 6.37. The third kappa shape index (κ3) is 4.78. The van der Waals surface area contributed by atoms with Crippen LogP contribution in [-0.4, -0.2) is 0 Å². The first kappa shape index (κ1) is 30.0.